The Bertz CT molecular complexity index is 774. The Morgan fingerprint density at radius 2 is 1.91 bits per heavy atom. The van der Waals surface area contributed by atoms with Crippen molar-refractivity contribution in [2.45, 2.75) is 18.4 Å². The van der Waals surface area contributed by atoms with Crippen molar-refractivity contribution in [2.24, 2.45) is 0 Å². The molecule has 0 unspecified atom stereocenters. The number of benzene rings is 1. The molecule has 0 atom stereocenters. The molecule has 2 aromatic rings. The van der Waals surface area contributed by atoms with Gasteiger partial charge in [0.05, 0.1) is 20.8 Å². The third-order valence-electron chi connectivity index (χ3n) is 2.81. The Morgan fingerprint density at radius 1 is 1.27 bits per heavy atom. The summed E-state index contributed by atoms with van der Waals surface area (Å²) in [5.74, 6) is 0.792. The number of aryl methyl sites for hydroxylation is 1. The van der Waals surface area contributed by atoms with Crippen LogP contribution in [-0.2, 0) is 16.6 Å². The number of aromatic nitrogens is 1. The number of nitrogens with zero attached hydrogens (tertiary/aromatic N) is 1. The van der Waals surface area contributed by atoms with E-state index in [-0.39, 0.29) is 11.4 Å². The summed E-state index contributed by atoms with van der Waals surface area (Å²) in [6.45, 7) is 2.00. The smallest absolute Gasteiger partial charge is 0.242 e. The molecule has 0 bridgehead atoms. The van der Waals surface area contributed by atoms with Gasteiger partial charge in [-0.3, -0.25) is 0 Å². The molecule has 0 spiro atoms. The maximum absolute atomic E-state index is 12.4. The molecule has 22 heavy (non-hydrogen) atoms. The molecule has 1 aromatic heterocycles. The molecule has 0 saturated heterocycles. The first-order valence-corrected chi connectivity index (χ1v) is 9.35. The van der Waals surface area contributed by atoms with Crippen LogP contribution in [0, 0.1) is 6.92 Å². The van der Waals surface area contributed by atoms with Crippen molar-refractivity contribution in [3.05, 3.63) is 32.7 Å². The highest BCUT2D eigenvalue weighted by Gasteiger charge is 2.21. The minimum Gasteiger partial charge on any atom is -0.493 e. The molecular formula is C13H15BrN2O4S2. The fourth-order valence-corrected chi connectivity index (χ4v) is 4.58. The van der Waals surface area contributed by atoms with Crippen molar-refractivity contribution in [1.82, 2.24) is 9.71 Å². The summed E-state index contributed by atoms with van der Waals surface area (Å²) in [4.78, 5) is 4.31. The maximum Gasteiger partial charge on any atom is 0.242 e. The zero-order valence-electron chi connectivity index (χ0n) is 12.2. The monoisotopic (exact) mass is 406 g/mol. The average molecular weight is 407 g/mol. The first-order valence-electron chi connectivity index (χ1n) is 6.19. The molecule has 0 saturated carbocycles. The van der Waals surface area contributed by atoms with Crippen LogP contribution >= 0.6 is 27.3 Å². The van der Waals surface area contributed by atoms with Crippen LogP contribution < -0.4 is 14.2 Å². The number of ether oxygens (including phenoxy) is 2. The molecule has 1 heterocycles. The molecule has 120 valence electrons. The van der Waals surface area contributed by atoms with Crippen LogP contribution in [0.4, 0.5) is 0 Å². The van der Waals surface area contributed by atoms with Gasteiger partial charge >= 0.3 is 0 Å². The van der Waals surface area contributed by atoms with E-state index in [2.05, 4.69) is 25.6 Å². The van der Waals surface area contributed by atoms with Gasteiger partial charge in [0.2, 0.25) is 10.0 Å². The highest BCUT2D eigenvalue weighted by Crippen LogP contribution is 2.35. The topological polar surface area (TPSA) is 77.5 Å². The first-order chi connectivity index (χ1) is 10.4. The van der Waals surface area contributed by atoms with Crippen molar-refractivity contribution in [3.8, 4) is 11.5 Å². The van der Waals surface area contributed by atoms with Crippen LogP contribution in [0.15, 0.2) is 26.9 Å². The molecule has 9 heteroatoms. The Morgan fingerprint density at radius 3 is 2.45 bits per heavy atom. The third kappa shape index (κ3) is 3.78. The van der Waals surface area contributed by atoms with Crippen molar-refractivity contribution >= 4 is 37.3 Å². The van der Waals surface area contributed by atoms with Gasteiger partial charge in [-0.1, -0.05) is 0 Å². The van der Waals surface area contributed by atoms with Crippen molar-refractivity contribution in [1.29, 1.82) is 0 Å². The van der Waals surface area contributed by atoms with Crippen LogP contribution in [-0.4, -0.2) is 27.6 Å². The van der Waals surface area contributed by atoms with Crippen molar-refractivity contribution in [2.75, 3.05) is 14.2 Å². The van der Waals surface area contributed by atoms with Crippen LogP contribution in [0.25, 0.3) is 0 Å². The van der Waals surface area contributed by atoms with Crippen molar-refractivity contribution in [3.63, 3.8) is 0 Å². The van der Waals surface area contributed by atoms with E-state index in [0.717, 1.165) is 5.69 Å². The largest absolute Gasteiger partial charge is 0.493 e. The van der Waals surface area contributed by atoms with Crippen LogP contribution in [0.1, 0.15) is 10.7 Å². The fraction of sp³-hybridized carbons (Fsp3) is 0.308. The Kier molecular flexibility index (Phi) is 5.43. The lowest BCUT2D eigenvalue weighted by molar-refractivity contribution is 0.353. The molecule has 0 amide bonds. The maximum atomic E-state index is 12.4. The zero-order valence-corrected chi connectivity index (χ0v) is 15.4. The van der Waals surface area contributed by atoms with Crippen LogP contribution in [0.5, 0.6) is 11.5 Å². The normalized spacial score (nSPS) is 11.5. The molecule has 0 fully saturated rings. The molecule has 0 radical (unpaired) electrons. The van der Waals surface area contributed by atoms with Gasteiger partial charge in [0.1, 0.15) is 9.90 Å². The van der Waals surface area contributed by atoms with E-state index in [9.17, 15) is 8.42 Å². The van der Waals surface area contributed by atoms with E-state index < -0.39 is 10.0 Å². The molecule has 2 rings (SSSR count). The van der Waals surface area contributed by atoms with Crippen LogP contribution in [0.2, 0.25) is 0 Å². The predicted octanol–water partition coefficient (Wildman–Crippen LogP) is 2.71. The average Bonchev–Trinajstić information content (AvgIpc) is 2.90. The number of hydrogen-bond acceptors (Lipinski definition) is 6. The lowest BCUT2D eigenvalue weighted by Gasteiger charge is -2.12. The number of nitrogens with one attached hydrogen (secondary N) is 1. The molecule has 0 aliphatic heterocycles. The molecule has 0 aliphatic rings. The number of hydrogen-bond donors (Lipinski definition) is 1. The highest BCUT2D eigenvalue weighted by molar-refractivity contribution is 9.10. The molecular weight excluding hydrogens is 392 g/mol. The quantitative estimate of drug-likeness (QED) is 0.797. The number of halogens is 1. The lowest BCUT2D eigenvalue weighted by Crippen LogP contribution is -2.23. The minimum absolute atomic E-state index is 0.0819. The van der Waals surface area contributed by atoms with Gasteiger partial charge in [-0.2, -0.15) is 0 Å². The van der Waals surface area contributed by atoms with E-state index >= 15 is 0 Å². The first kappa shape index (κ1) is 17.2. The summed E-state index contributed by atoms with van der Waals surface area (Å²) in [5, 5.41) is 2.58. The van der Waals surface area contributed by atoms with Gasteiger partial charge < -0.3 is 9.47 Å². The number of thiazole rings is 1. The van der Waals surface area contributed by atoms with E-state index in [1.165, 1.54) is 31.6 Å². The summed E-state index contributed by atoms with van der Waals surface area (Å²) < 4.78 is 38.1. The van der Waals surface area contributed by atoms with E-state index in [1.807, 2.05) is 12.3 Å². The molecule has 1 aromatic carbocycles. The van der Waals surface area contributed by atoms with Gasteiger partial charge in [0, 0.05) is 21.6 Å². The second kappa shape index (κ2) is 6.95. The summed E-state index contributed by atoms with van der Waals surface area (Å²) in [6, 6.07) is 2.97. The van der Waals surface area contributed by atoms with Gasteiger partial charge in [-0.15, -0.1) is 11.3 Å². The number of rotatable bonds is 6. The molecule has 0 aliphatic carbocycles. The second-order valence-electron chi connectivity index (χ2n) is 4.34. The minimum atomic E-state index is -3.70. The lowest BCUT2D eigenvalue weighted by atomic mass is 10.3. The zero-order chi connectivity index (χ0) is 16.3. The standard InChI is InChI=1S/C13H15BrN2O4S2/c1-8-7-21-13(16-8)6-15-22(17,18)12-5-11(20-3)10(19-2)4-9(12)14/h4-5,7,15H,6H2,1-3H3. The summed E-state index contributed by atoms with van der Waals surface area (Å²) in [7, 11) is -0.763. The van der Waals surface area contributed by atoms with Gasteiger partial charge in [0.25, 0.3) is 0 Å². The van der Waals surface area contributed by atoms with E-state index in [0.29, 0.717) is 21.0 Å². The van der Waals surface area contributed by atoms with Crippen molar-refractivity contribution < 1.29 is 17.9 Å². The Labute approximate surface area is 141 Å². The van der Waals surface area contributed by atoms with E-state index in [1.54, 1.807) is 6.07 Å². The molecule has 6 nitrogen and oxygen atoms in total. The van der Waals surface area contributed by atoms with Crippen LogP contribution in [0.3, 0.4) is 0 Å². The molecule has 1 N–H and O–H groups in total. The number of methoxy groups -OCH3 is 2. The SMILES string of the molecule is COc1cc(Br)c(S(=O)(=O)NCc2nc(C)cs2)cc1OC. The summed E-state index contributed by atoms with van der Waals surface area (Å²) in [6.07, 6.45) is 0. The third-order valence-corrected chi connectivity index (χ3v) is 6.13. The second-order valence-corrected chi connectivity index (χ2v) is 7.88. The summed E-state index contributed by atoms with van der Waals surface area (Å²) in [5.41, 5.74) is 0.867. The van der Waals surface area contributed by atoms with E-state index in [4.69, 9.17) is 9.47 Å². The number of sulfonamides is 1. The fourth-order valence-electron chi connectivity index (χ4n) is 1.76. The predicted molar refractivity (Wildman–Crippen MR) is 88.1 cm³/mol. The Hall–Kier alpha value is -1.16. The van der Waals surface area contributed by atoms with Gasteiger partial charge in [-0.05, 0) is 28.9 Å². The van der Waals surface area contributed by atoms with Gasteiger partial charge in [-0.25, -0.2) is 18.1 Å². The van der Waals surface area contributed by atoms with Gasteiger partial charge in [0.15, 0.2) is 11.5 Å². The summed E-state index contributed by atoms with van der Waals surface area (Å²) >= 11 is 4.66. The highest BCUT2D eigenvalue weighted by atomic mass is 79.9. The Balaban J connectivity index is 2.28.